The molecule has 0 heterocycles. The Kier molecular flexibility index (Phi) is 8.43. The molecule has 31 heavy (non-hydrogen) atoms. The highest BCUT2D eigenvalue weighted by atomic mass is 16.5. The van der Waals surface area contributed by atoms with Gasteiger partial charge in [0.25, 0.3) is 0 Å². The number of esters is 1. The fourth-order valence-corrected chi connectivity index (χ4v) is 3.76. The van der Waals surface area contributed by atoms with Crippen molar-refractivity contribution in [2.24, 2.45) is 0 Å². The molecule has 0 aliphatic carbocycles. The molecule has 0 spiro atoms. The molecule has 0 radical (unpaired) electrons. The first-order valence-corrected chi connectivity index (χ1v) is 11.3. The Labute approximate surface area is 187 Å². The number of hydrogen-bond acceptors (Lipinski definition) is 3. The average molecular weight is 424 g/mol. The summed E-state index contributed by atoms with van der Waals surface area (Å²) in [5, 5.41) is 2.99. The molecule has 0 saturated heterocycles. The van der Waals surface area contributed by atoms with Crippen LogP contribution in [0.15, 0.2) is 36.4 Å². The van der Waals surface area contributed by atoms with E-state index in [-0.39, 0.29) is 36.0 Å². The van der Waals surface area contributed by atoms with Gasteiger partial charge >= 0.3 is 5.97 Å². The third-order valence-corrected chi connectivity index (χ3v) is 5.48. The minimum Gasteiger partial charge on any atom is -0.426 e. The lowest BCUT2D eigenvalue weighted by Crippen LogP contribution is -2.22. The van der Waals surface area contributed by atoms with Gasteiger partial charge in [0.2, 0.25) is 5.91 Å². The third-order valence-electron chi connectivity index (χ3n) is 5.48. The van der Waals surface area contributed by atoms with Gasteiger partial charge in [0.15, 0.2) is 0 Å². The molecule has 0 aliphatic heterocycles. The van der Waals surface area contributed by atoms with Gasteiger partial charge in [-0.1, -0.05) is 91.8 Å². The van der Waals surface area contributed by atoms with E-state index in [0.29, 0.717) is 5.75 Å². The van der Waals surface area contributed by atoms with Crippen molar-refractivity contribution >= 4 is 17.6 Å². The van der Waals surface area contributed by atoms with E-state index in [2.05, 4.69) is 60.7 Å². The second-order valence-corrected chi connectivity index (χ2v) is 9.39. The van der Waals surface area contributed by atoms with Crippen LogP contribution in [0.25, 0.3) is 0 Å². The molecule has 2 aromatic rings. The normalized spacial score (nSPS) is 11.5. The molecule has 1 N–H and O–H groups in total. The van der Waals surface area contributed by atoms with E-state index in [1.165, 1.54) is 0 Å². The summed E-state index contributed by atoms with van der Waals surface area (Å²) in [4.78, 5) is 25.5. The number of rotatable bonds is 8. The van der Waals surface area contributed by atoms with Crippen molar-refractivity contribution in [3.8, 4) is 5.75 Å². The van der Waals surface area contributed by atoms with Crippen LogP contribution in [0.4, 0.5) is 5.69 Å². The fourth-order valence-electron chi connectivity index (χ4n) is 3.76. The van der Waals surface area contributed by atoms with E-state index in [4.69, 9.17) is 4.74 Å². The van der Waals surface area contributed by atoms with Gasteiger partial charge in [-0.05, 0) is 45.9 Å². The molecule has 2 aromatic carbocycles. The Hall–Kier alpha value is -2.62. The van der Waals surface area contributed by atoms with Gasteiger partial charge < -0.3 is 10.1 Å². The lowest BCUT2D eigenvalue weighted by atomic mass is 9.92. The van der Waals surface area contributed by atoms with Crippen molar-refractivity contribution in [2.75, 3.05) is 5.32 Å². The number of carbonyl (C=O) groups excluding carboxylic acids is 2. The number of amides is 1. The molecule has 0 atom stereocenters. The zero-order valence-corrected chi connectivity index (χ0v) is 20.2. The maximum Gasteiger partial charge on any atom is 0.320 e. The molecule has 0 aromatic heterocycles. The Bertz CT molecular complexity index is 798. The van der Waals surface area contributed by atoms with Crippen LogP contribution in [0, 0.1) is 0 Å². The van der Waals surface area contributed by atoms with Crippen LogP contribution in [0.5, 0.6) is 5.75 Å². The summed E-state index contributed by atoms with van der Waals surface area (Å²) in [5.74, 6) is 0.633. The highest BCUT2D eigenvalue weighted by Crippen LogP contribution is 2.35. The smallest absolute Gasteiger partial charge is 0.320 e. The predicted octanol–water partition coefficient (Wildman–Crippen LogP) is 7.11. The number of para-hydroxylation sites is 2. The molecule has 0 fully saturated rings. The van der Waals surface area contributed by atoms with Gasteiger partial charge in [-0.3, -0.25) is 9.59 Å². The monoisotopic (exact) mass is 423 g/mol. The van der Waals surface area contributed by atoms with Crippen molar-refractivity contribution in [3.63, 3.8) is 0 Å². The van der Waals surface area contributed by atoms with Crippen LogP contribution in [-0.2, 0) is 9.59 Å². The van der Waals surface area contributed by atoms with Gasteiger partial charge in [-0.2, -0.15) is 0 Å². The lowest BCUT2D eigenvalue weighted by molar-refractivity contribution is -0.137. The van der Waals surface area contributed by atoms with Crippen LogP contribution in [-0.4, -0.2) is 11.9 Å². The number of benzene rings is 2. The molecule has 0 bridgehead atoms. The summed E-state index contributed by atoms with van der Waals surface area (Å²) in [5.41, 5.74) is 4.91. The first-order valence-electron chi connectivity index (χ1n) is 11.3. The maximum atomic E-state index is 12.8. The molecule has 4 heteroatoms. The Morgan fingerprint density at radius 3 is 1.48 bits per heavy atom. The molecule has 1 amide bonds. The molecule has 0 aliphatic rings. The second-order valence-electron chi connectivity index (χ2n) is 9.39. The van der Waals surface area contributed by atoms with Crippen molar-refractivity contribution in [3.05, 3.63) is 58.7 Å². The average Bonchev–Trinajstić information content (AvgIpc) is 2.67. The van der Waals surface area contributed by atoms with Crippen LogP contribution in [0.3, 0.4) is 0 Å². The largest absolute Gasteiger partial charge is 0.426 e. The molecule has 4 nitrogen and oxygen atoms in total. The summed E-state index contributed by atoms with van der Waals surface area (Å²) in [7, 11) is 0. The Morgan fingerprint density at radius 1 is 0.710 bits per heavy atom. The highest BCUT2D eigenvalue weighted by Gasteiger charge is 2.21. The summed E-state index contributed by atoms with van der Waals surface area (Å²) in [6, 6.07) is 12.0. The van der Waals surface area contributed by atoms with Crippen LogP contribution >= 0.6 is 0 Å². The lowest BCUT2D eigenvalue weighted by Gasteiger charge is -2.21. The van der Waals surface area contributed by atoms with E-state index < -0.39 is 5.97 Å². The van der Waals surface area contributed by atoms with Gasteiger partial charge in [0, 0.05) is 5.69 Å². The molecular weight excluding hydrogens is 386 g/mol. The van der Waals surface area contributed by atoms with Gasteiger partial charge in [0.05, 0.1) is 0 Å². The third kappa shape index (κ3) is 6.19. The molecule has 168 valence electrons. The minimum atomic E-state index is -0.541. The van der Waals surface area contributed by atoms with Crippen molar-refractivity contribution < 1.29 is 14.3 Å². The summed E-state index contributed by atoms with van der Waals surface area (Å²) < 4.78 is 5.76. The van der Waals surface area contributed by atoms with Crippen LogP contribution < -0.4 is 10.1 Å². The predicted molar refractivity (Wildman–Crippen MR) is 128 cm³/mol. The van der Waals surface area contributed by atoms with Gasteiger partial charge in [-0.15, -0.1) is 0 Å². The molecule has 0 unspecified atom stereocenters. The Balaban J connectivity index is 2.24. The second kappa shape index (κ2) is 10.6. The van der Waals surface area contributed by atoms with Crippen LogP contribution in [0.2, 0.25) is 0 Å². The number of hydrogen-bond donors (Lipinski definition) is 1. The zero-order chi connectivity index (χ0) is 23.3. The van der Waals surface area contributed by atoms with Crippen molar-refractivity contribution in [2.45, 2.75) is 85.5 Å². The summed E-state index contributed by atoms with van der Waals surface area (Å²) in [6.45, 7) is 16.7. The first kappa shape index (κ1) is 24.6. The quantitative estimate of drug-likeness (QED) is 0.279. The molecule has 0 saturated carbocycles. The fraction of sp³-hybridized carbons (Fsp3) is 0.481. The maximum absolute atomic E-state index is 12.8. The van der Waals surface area contributed by atoms with E-state index in [9.17, 15) is 9.59 Å². The van der Waals surface area contributed by atoms with Gasteiger partial charge in [-0.25, -0.2) is 0 Å². The molecule has 2 rings (SSSR count). The Morgan fingerprint density at radius 2 is 1.10 bits per heavy atom. The number of ether oxygens (including phenoxy) is 1. The number of anilines is 1. The minimum absolute atomic E-state index is 0.210. The van der Waals surface area contributed by atoms with E-state index in [1.54, 1.807) is 0 Å². The summed E-state index contributed by atoms with van der Waals surface area (Å²) >= 11 is 0. The SMILES string of the molecule is CC(C)c1cccc(C(C)C)c1NC(=O)CC(=O)Oc1c(C(C)C)cccc1C(C)C. The number of carbonyl (C=O) groups is 2. The standard InChI is InChI=1S/C27H37NO3/c1-16(2)20-11-9-12-21(17(3)4)26(20)28-24(29)15-25(30)31-27-22(18(5)6)13-10-14-23(27)19(7)8/h9-14,16-19H,15H2,1-8H3,(H,28,29). The van der Waals surface area contributed by atoms with Crippen molar-refractivity contribution in [1.29, 1.82) is 0 Å². The number of nitrogens with one attached hydrogen (secondary N) is 1. The zero-order valence-electron chi connectivity index (χ0n) is 20.2. The van der Waals surface area contributed by atoms with Gasteiger partial charge in [0.1, 0.15) is 12.2 Å². The van der Waals surface area contributed by atoms with E-state index in [1.807, 2.05) is 36.4 Å². The van der Waals surface area contributed by atoms with Crippen LogP contribution in [0.1, 0.15) is 108 Å². The topological polar surface area (TPSA) is 55.4 Å². The van der Waals surface area contributed by atoms with E-state index >= 15 is 0 Å². The molecular formula is C27H37NO3. The highest BCUT2D eigenvalue weighted by molar-refractivity contribution is 6.03. The van der Waals surface area contributed by atoms with Crippen molar-refractivity contribution in [1.82, 2.24) is 0 Å². The summed E-state index contributed by atoms with van der Waals surface area (Å²) in [6.07, 6.45) is -0.325. The van der Waals surface area contributed by atoms with E-state index in [0.717, 1.165) is 27.9 Å². The first-order chi connectivity index (χ1) is 14.5.